The second-order valence-electron chi connectivity index (χ2n) is 4.35. The molecule has 0 unspecified atom stereocenters. The first-order valence-electron chi connectivity index (χ1n) is 5.90. The van der Waals surface area contributed by atoms with E-state index in [-0.39, 0.29) is 5.75 Å². The maximum Gasteiger partial charge on any atom is 0.143 e. The predicted octanol–water partition coefficient (Wildman–Crippen LogP) is 4.54. The van der Waals surface area contributed by atoms with E-state index in [1.165, 1.54) is 24.8 Å². The van der Waals surface area contributed by atoms with Gasteiger partial charge < -0.3 is 10.0 Å². The Morgan fingerprint density at radius 1 is 1.18 bits per heavy atom. The molecule has 0 aromatic heterocycles. The van der Waals surface area contributed by atoms with Crippen LogP contribution in [0, 0.1) is 0 Å². The molecule has 0 bridgehead atoms. The minimum absolute atomic E-state index is 0.266. The molecule has 0 aliphatic rings. The molecule has 4 heteroatoms. The lowest BCUT2D eigenvalue weighted by Gasteiger charge is -2.17. The van der Waals surface area contributed by atoms with Crippen molar-refractivity contribution < 1.29 is 5.11 Å². The van der Waals surface area contributed by atoms with Crippen LogP contribution in [0.15, 0.2) is 21.1 Å². The standard InChI is InChI=1S/C13H19Br2NO/c1-3-4-5-6-16(2)9-10-7-11(14)13(17)12(15)8-10/h7-8,17H,3-6,9H2,1-2H3. The number of benzene rings is 1. The Morgan fingerprint density at radius 3 is 2.29 bits per heavy atom. The van der Waals surface area contributed by atoms with Crippen LogP contribution in [0.1, 0.15) is 31.7 Å². The number of nitrogens with zero attached hydrogens (tertiary/aromatic N) is 1. The molecule has 0 aliphatic heterocycles. The number of hydrogen-bond acceptors (Lipinski definition) is 2. The first kappa shape index (κ1) is 15.0. The van der Waals surface area contributed by atoms with Crippen molar-refractivity contribution in [3.8, 4) is 5.75 Å². The van der Waals surface area contributed by atoms with Gasteiger partial charge in [-0.05, 0) is 69.6 Å². The van der Waals surface area contributed by atoms with Gasteiger partial charge in [-0.3, -0.25) is 0 Å². The summed E-state index contributed by atoms with van der Waals surface area (Å²) in [4.78, 5) is 2.31. The van der Waals surface area contributed by atoms with Gasteiger partial charge in [0.25, 0.3) is 0 Å². The van der Waals surface area contributed by atoms with Crippen molar-refractivity contribution in [2.75, 3.05) is 13.6 Å². The Balaban J connectivity index is 2.56. The number of hydrogen-bond donors (Lipinski definition) is 1. The summed E-state index contributed by atoms with van der Waals surface area (Å²) in [5.41, 5.74) is 1.19. The van der Waals surface area contributed by atoms with Crippen LogP contribution in [0.5, 0.6) is 5.75 Å². The topological polar surface area (TPSA) is 23.5 Å². The van der Waals surface area contributed by atoms with Gasteiger partial charge in [-0.15, -0.1) is 0 Å². The molecule has 0 amide bonds. The predicted molar refractivity (Wildman–Crippen MR) is 79.4 cm³/mol. The molecule has 1 aromatic rings. The van der Waals surface area contributed by atoms with Gasteiger partial charge in [-0.2, -0.15) is 0 Å². The first-order valence-corrected chi connectivity index (χ1v) is 7.48. The van der Waals surface area contributed by atoms with Gasteiger partial charge >= 0.3 is 0 Å². The minimum Gasteiger partial charge on any atom is -0.506 e. The zero-order chi connectivity index (χ0) is 12.8. The molecule has 0 heterocycles. The summed E-state index contributed by atoms with van der Waals surface area (Å²) in [6.07, 6.45) is 3.78. The van der Waals surface area contributed by atoms with Gasteiger partial charge in [0, 0.05) is 6.54 Å². The molecule has 1 rings (SSSR count). The molecule has 17 heavy (non-hydrogen) atoms. The number of halogens is 2. The van der Waals surface area contributed by atoms with Crippen LogP contribution in [-0.4, -0.2) is 23.6 Å². The highest BCUT2D eigenvalue weighted by atomic mass is 79.9. The summed E-state index contributed by atoms with van der Waals surface area (Å²) in [6, 6.07) is 3.94. The van der Waals surface area contributed by atoms with Crippen molar-refractivity contribution in [3.63, 3.8) is 0 Å². The monoisotopic (exact) mass is 363 g/mol. The molecular weight excluding hydrogens is 346 g/mol. The second kappa shape index (κ2) is 7.39. The van der Waals surface area contributed by atoms with Gasteiger partial charge in [0.05, 0.1) is 8.95 Å². The summed E-state index contributed by atoms with van der Waals surface area (Å²) in [5, 5.41) is 9.63. The summed E-state index contributed by atoms with van der Waals surface area (Å²) in [5.74, 6) is 0.266. The minimum atomic E-state index is 0.266. The van der Waals surface area contributed by atoms with E-state index in [0.717, 1.165) is 22.0 Å². The molecule has 1 N–H and O–H groups in total. The van der Waals surface area contributed by atoms with Crippen LogP contribution in [-0.2, 0) is 6.54 Å². The number of aromatic hydroxyl groups is 1. The molecule has 0 saturated carbocycles. The second-order valence-corrected chi connectivity index (χ2v) is 6.06. The molecule has 1 aromatic carbocycles. The van der Waals surface area contributed by atoms with E-state index in [1.807, 2.05) is 12.1 Å². The van der Waals surface area contributed by atoms with Crippen LogP contribution < -0.4 is 0 Å². The SMILES string of the molecule is CCCCCN(C)Cc1cc(Br)c(O)c(Br)c1. The summed E-state index contributed by atoms with van der Waals surface area (Å²) >= 11 is 6.70. The van der Waals surface area contributed by atoms with Crippen molar-refractivity contribution in [2.24, 2.45) is 0 Å². The maximum absolute atomic E-state index is 9.63. The lowest BCUT2D eigenvalue weighted by molar-refractivity contribution is 0.318. The van der Waals surface area contributed by atoms with Crippen LogP contribution >= 0.6 is 31.9 Å². The molecule has 0 fully saturated rings. The van der Waals surface area contributed by atoms with Gasteiger partial charge in [0.1, 0.15) is 5.75 Å². The highest BCUT2D eigenvalue weighted by Gasteiger charge is 2.07. The lowest BCUT2D eigenvalue weighted by Crippen LogP contribution is -2.19. The smallest absolute Gasteiger partial charge is 0.143 e. The highest BCUT2D eigenvalue weighted by molar-refractivity contribution is 9.11. The Morgan fingerprint density at radius 2 is 1.76 bits per heavy atom. The van der Waals surface area contributed by atoms with Crippen LogP contribution in [0.4, 0.5) is 0 Å². The fraction of sp³-hybridized carbons (Fsp3) is 0.538. The Hall–Kier alpha value is -0.0600. The third-order valence-electron chi connectivity index (χ3n) is 2.67. The average molecular weight is 365 g/mol. The van der Waals surface area contributed by atoms with E-state index in [2.05, 4.69) is 50.7 Å². The van der Waals surface area contributed by atoms with Gasteiger partial charge in [0.2, 0.25) is 0 Å². The fourth-order valence-corrected chi connectivity index (χ4v) is 3.01. The van der Waals surface area contributed by atoms with E-state index < -0.39 is 0 Å². The van der Waals surface area contributed by atoms with E-state index in [9.17, 15) is 5.11 Å². The number of phenols is 1. The summed E-state index contributed by atoms with van der Waals surface area (Å²) in [6.45, 7) is 4.24. The number of phenolic OH excluding ortho intramolecular Hbond substituents is 1. The molecule has 96 valence electrons. The molecular formula is C13H19Br2NO. The van der Waals surface area contributed by atoms with E-state index in [0.29, 0.717) is 0 Å². The molecule has 0 spiro atoms. The zero-order valence-corrected chi connectivity index (χ0v) is 13.5. The Labute approximate surface area is 120 Å². The summed E-state index contributed by atoms with van der Waals surface area (Å²) in [7, 11) is 2.13. The third-order valence-corrected chi connectivity index (χ3v) is 3.88. The van der Waals surface area contributed by atoms with Crippen LogP contribution in [0.3, 0.4) is 0 Å². The Kier molecular flexibility index (Phi) is 6.52. The molecule has 0 saturated heterocycles. The van der Waals surface area contributed by atoms with Crippen LogP contribution in [0.25, 0.3) is 0 Å². The summed E-state index contributed by atoms with van der Waals surface area (Å²) < 4.78 is 1.48. The highest BCUT2D eigenvalue weighted by Crippen LogP contribution is 2.33. The van der Waals surface area contributed by atoms with Crippen molar-refractivity contribution >= 4 is 31.9 Å². The first-order chi connectivity index (χ1) is 8.04. The zero-order valence-electron chi connectivity index (χ0n) is 10.3. The molecule has 0 radical (unpaired) electrons. The van der Waals surface area contributed by atoms with Gasteiger partial charge in [-0.1, -0.05) is 19.8 Å². The fourth-order valence-electron chi connectivity index (χ4n) is 1.73. The van der Waals surface area contributed by atoms with Crippen molar-refractivity contribution in [1.82, 2.24) is 4.90 Å². The molecule has 2 nitrogen and oxygen atoms in total. The maximum atomic E-state index is 9.63. The lowest BCUT2D eigenvalue weighted by atomic mass is 10.2. The normalized spacial score (nSPS) is 11.1. The van der Waals surface area contributed by atoms with E-state index in [1.54, 1.807) is 0 Å². The van der Waals surface area contributed by atoms with Crippen molar-refractivity contribution in [1.29, 1.82) is 0 Å². The van der Waals surface area contributed by atoms with Gasteiger partial charge in [0.15, 0.2) is 0 Å². The molecule has 0 aliphatic carbocycles. The van der Waals surface area contributed by atoms with Gasteiger partial charge in [-0.25, -0.2) is 0 Å². The Bertz CT molecular complexity index is 345. The quantitative estimate of drug-likeness (QED) is 0.749. The molecule has 0 atom stereocenters. The van der Waals surface area contributed by atoms with E-state index >= 15 is 0 Å². The third kappa shape index (κ3) is 4.98. The van der Waals surface area contributed by atoms with Crippen molar-refractivity contribution in [2.45, 2.75) is 32.7 Å². The largest absolute Gasteiger partial charge is 0.506 e. The van der Waals surface area contributed by atoms with Crippen molar-refractivity contribution in [3.05, 3.63) is 26.6 Å². The van der Waals surface area contributed by atoms with Crippen LogP contribution in [0.2, 0.25) is 0 Å². The average Bonchev–Trinajstić information content (AvgIpc) is 2.26. The number of unbranched alkanes of at least 4 members (excludes halogenated alkanes) is 2. The van der Waals surface area contributed by atoms with E-state index in [4.69, 9.17) is 0 Å². The number of rotatable bonds is 6.